The first-order chi connectivity index (χ1) is 9.78. The van der Waals surface area contributed by atoms with E-state index in [1.807, 2.05) is 0 Å². The number of rotatable bonds is 4. The minimum Gasteiger partial charge on any atom is -0.454 e. The van der Waals surface area contributed by atoms with Crippen molar-refractivity contribution in [3.8, 4) is 11.5 Å². The summed E-state index contributed by atoms with van der Waals surface area (Å²) >= 11 is 0. The predicted octanol–water partition coefficient (Wildman–Crippen LogP) is 1.30. The molecule has 2 aliphatic heterocycles. The van der Waals surface area contributed by atoms with E-state index in [1.54, 1.807) is 18.2 Å². The normalized spacial score (nSPS) is 21.9. The second-order valence-electron chi connectivity index (χ2n) is 5.30. The van der Waals surface area contributed by atoms with Crippen LogP contribution in [-0.4, -0.2) is 48.8 Å². The van der Waals surface area contributed by atoms with Crippen LogP contribution in [0.3, 0.4) is 0 Å². The quantitative estimate of drug-likeness (QED) is 0.841. The number of likely N-dealkylation sites (tertiary alicyclic amines) is 1. The highest BCUT2D eigenvalue weighted by Crippen LogP contribution is 2.33. The SMILES string of the molecule is O=C(c1ccc2c(c1)OCO2)C1CCCN(CCO)C1. The van der Waals surface area contributed by atoms with Crippen molar-refractivity contribution < 1.29 is 19.4 Å². The van der Waals surface area contributed by atoms with Crippen molar-refractivity contribution in [2.75, 3.05) is 33.0 Å². The lowest BCUT2D eigenvalue weighted by Gasteiger charge is -2.31. The summed E-state index contributed by atoms with van der Waals surface area (Å²) < 4.78 is 10.6. The van der Waals surface area contributed by atoms with Crippen molar-refractivity contribution in [2.24, 2.45) is 5.92 Å². The fraction of sp³-hybridized carbons (Fsp3) is 0.533. The Morgan fingerprint density at radius 1 is 1.35 bits per heavy atom. The third-order valence-corrected chi connectivity index (χ3v) is 3.95. The maximum absolute atomic E-state index is 12.6. The second-order valence-corrected chi connectivity index (χ2v) is 5.30. The Bertz CT molecular complexity index is 501. The molecule has 1 atom stereocenters. The third-order valence-electron chi connectivity index (χ3n) is 3.95. The Morgan fingerprint density at radius 2 is 2.20 bits per heavy atom. The van der Waals surface area contributed by atoms with Gasteiger partial charge in [0.2, 0.25) is 6.79 Å². The molecule has 20 heavy (non-hydrogen) atoms. The number of carbonyl (C=O) groups is 1. The van der Waals surface area contributed by atoms with E-state index in [1.165, 1.54) is 0 Å². The summed E-state index contributed by atoms with van der Waals surface area (Å²) in [6.07, 6.45) is 1.91. The molecule has 1 N–H and O–H groups in total. The molecule has 0 spiro atoms. The van der Waals surface area contributed by atoms with Crippen molar-refractivity contribution >= 4 is 5.78 Å². The van der Waals surface area contributed by atoms with Gasteiger partial charge in [-0.2, -0.15) is 0 Å². The van der Waals surface area contributed by atoms with Gasteiger partial charge in [-0.3, -0.25) is 4.79 Å². The number of fused-ring (bicyclic) bond motifs is 1. The van der Waals surface area contributed by atoms with E-state index in [-0.39, 0.29) is 25.1 Å². The van der Waals surface area contributed by atoms with Crippen LogP contribution in [0.4, 0.5) is 0 Å². The molecule has 0 radical (unpaired) electrons. The highest BCUT2D eigenvalue weighted by molar-refractivity contribution is 5.98. The fourth-order valence-corrected chi connectivity index (χ4v) is 2.90. The van der Waals surface area contributed by atoms with Gasteiger partial charge in [-0.15, -0.1) is 0 Å². The van der Waals surface area contributed by atoms with Crippen molar-refractivity contribution in [1.29, 1.82) is 0 Å². The number of aliphatic hydroxyl groups excluding tert-OH is 1. The van der Waals surface area contributed by atoms with Crippen LogP contribution in [-0.2, 0) is 0 Å². The third kappa shape index (κ3) is 2.64. The lowest BCUT2D eigenvalue weighted by atomic mass is 9.90. The van der Waals surface area contributed by atoms with Crippen molar-refractivity contribution in [3.63, 3.8) is 0 Å². The van der Waals surface area contributed by atoms with E-state index in [0.29, 0.717) is 23.6 Å². The molecule has 0 aromatic heterocycles. The number of β-amino-alcohol motifs (C(OH)–C–C–N with tert-alkyl or cyclic N) is 1. The Balaban J connectivity index is 1.72. The lowest BCUT2D eigenvalue weighted by Crippen LogP contribution is -2.40. The molecule has 0 amide bonds. The lowest BCUT2D eigenvalue weighted by molar-refractivity contribution is 0.0793. The smallest absolute Gasteiger partial charge is 0.231 e. The van der Waals surface area contributed by atoms with E-state index < -0.39 is 0 Å². The summed E-state index contributed by atoms with van der Waals surface area (Å²) in [5.41, 5.74) is 0.685. The first-order valence-electron chi connectivity index (χ1n) is 7.05. The molecule has 1 aromatic rings. The number of ketones is 1. The van der Waals surface area contributed by atoms with Gasteiger partial charge in [0.15, 0.2) is 17.3 Å². The molecule has 1 fully saturated rings. The summed E-state index contributed by atoms with van der Waals surface area (Å²) in [5, 5.41) is 9.01. The first-order valence-corrected chi connectivity index (χ1v) is 7.05. The van der Waals surface area contributed by atoms with E-state index in [0.717, 1.165) is 25.9 Å². The molecule has 3 rings (SSSR count). The minimum absolute atomic E-state index is 0.00988. The summed E-state index contributed by atoms with van der Waals surface area (Å²) in [6, 6.07) is 5.38. The number of hydrogen-bond acceptors (Lipinski definition) is 5. The van der Waals surface area contributed by atoms with Crippen LogP contribution in [0.25, 0.3) is 0 Å². The number of aliphatic hydroxyl groups is 1. The van der Waals surface area contributed by atoms with E-state index in [4.69, 9.17) is 14.6 Å². The highest BCUT2D eigenvalue weighted by Gasteiger charge is 2.27. The molecule has 0 bridgehead atoms. The predicted molar refractivity (Wildman–Crippen MR) is 73.1 cm³/mol. The van der Waals surface area contributed by atoms with Crippen LogP contribution in [0.2, 0.25) is 0 Å². The van der Waals surface area contributed by atoms with Gasteiger partial charge in [-0.25, -0.2) is 0 Å². The van der Waals surface area contributed by atoms with Crippen LogP contribution in [0.1, 0.15) is 23.2 Å². The zero-order valence-electron chi connectivity index (χ0n) is 11.4. The van der Waals surface area contributed by atoms with Crippen LogP contribution >= 0.6 is 0 Å². The average molecular weight is 277 g/mol. The Morgan fingerprint density at radius 3 is 3.05 bits per heavy atom. The Labute approximate surface area is 118 Å². The summed E-state index contributed by atoms with van der Waals surface area (Å²) in [6.45, 7) is 2.70. The van der Waals surface area contributed by atoms with E-state index in [9.17, 15) is 4.79 Å². The zero-order valence-corrected chi connectivity index (χ0v) is 11.4. The number of piperidine rings is 1. The van der Waals surface area contributed by atoms with Gasteiger partial charge < -0.3 is 19.5 Å². The van der Waals surface area contributed by atoms with E-state index in [2.05, 4.69) is 4.90 Å². The molecule has 1 saturated heterocycles. The molecule has 2 heterocycles. The van der Waals surface area contributed by atoms with Gasteiger partial charge in [-0.05, 0) is 37.6 Å². The summed E-state index contributed by atoms with van der Waals surface area (Å²) in [7, 11) is 0. The topological polar surface area (TPSA) is 59.0 Å². The fourth-order valence-electron chi connectivity index (χ4n) is 2.90. The molecule has 0 saturated carbocycles. The number of carbonyl (C=O) groups excluding carboxylic acids is 1. The van der Waals surface area contributed by atoms with Gasteiger partial charge in [0.25, 0.3) is 0 Å². The number of ether oxygens (including phenoxy) is 2. The molecule has 0 aliphatic carbocycles. The summed E-state index contributed by atoms with van der Waals surface area (Å²) in [4.78, 5) is 14.7. The van der Waals surface area contributed by atoms with Crippen LogP contribution in [0.15, 0.2) is 18.2 Å². The Kier molecular flexibility index (Phi) is 3.89. The zero-order chi connectivity index (χ0) is 13.9. The first kappa shape index (κ1) is 13.4. The minimum atomic E-state index is 0.00988. The maximum Gasteiger partial charge on any atom is 0.231 e. The summed E-state index contributed by atoms with van der Waals surface area (Å²) in [5.74, 6) is 1.52. The molecule has 108 valence electrons. The maximum atomic E-state index is 12.6. The van der Waals surface area contributed by atoms with Gasteiger partial charge in [0.05, 0.1) is 6.61 Å². The van der Waals surface area contributed by atoms with Gasteiger partial charge in [-0.1, -0.05) is 0 Å². The molecular formula is C15H19NO4. The molecule has 1 aromatic carbocycles. The van der Waals surface area contributed by atoms with Crippen LogP contribution in [0, 0.1) is 5.92 Å². The number of Topliss-reactive ketones (excluding diaryl/α,β-unsaturated/α-hetero) is 1. The monoisotopic (exact) mass is 277 g/mol. The molecule has 5 heteroatoms. The molecule has 5 nitrogen and oxygen atoms in total. The largest absolute Gasteiger partial charge is 0.454 e. The average Bonchev–Trinajstić information content (AvgIpc) is 2.94. The highest BCUT2D eigenvalue weighted by atomic mass is 16.7. The van der Waals surface area contributed by atoms with E-state index >= 15 is 0 Å². The van der Waals surface area contributed by atoms with Crippen molar-refractivity contribution in [1.82, 2.24) is 4.90 Å². The Hall–Kier alpha value is -1.59. The standard InChI is InChI=1S/C15H19NO4/c17-7-6-16-5-1-2-12(9-16)15(18)11-3-4-13-14(8-11)20-10-19-13/h3-4,8,12,17H,1-2,5-7,9-10H2. The van der Waals surface area contributed by atoms with Crippen molar-refractivity contribution in [2.45, 2.75) is 12.8 Å². The van der Waals surface area contributed by atoms with Gasteiger partial charge >= 0.3 is 0 Å². The van der Waals surface area contributed by atoms with Crippen LogP contribution in [0.5, 0.6) is 11.5 Å². The number of hydrogen-bond donors (Lipinski definition) is 1. The number of nitrogens with zero attached hydrogens (tertiary/aromatic N) is 1. The van der Waals surface area contributed by atoms with Gasteiger partial charge in [0, 0.05) is 24.6 Å². The molecular weight excluding hydrogens is 258 g/mol. The molecule has 1 unspecified atom stereocenters. The van der Waals surface area contributed by atoms with Crippen molar-refractivity contribution in [3.05, 3.63) is 23.8 Å². The molecule has 2 aliphatic rings. The second kappa shape index (κ2) is 5.81. The number of benzene rings is 1. The van der Waals surface area contributed by atoms with Crippen LogP contribution < -0.4 is 9.47 Å². The van der Waals surface area contributed by atoms with Gasteiger partial charge in [0.1, 0.15) is 0 Å².